The molecule has 2 N–H and O–H groups in total. The molecule has 0 radical (unpaired) electrons. The van der Waals surface area contributed by atoms with Crippen molar-refractivity contribution in [2.75, 3.05) is 6.67 Å². The van der Waals surface area contributed by atoms with Gasteiger partial charge in [0.2, 0.25) is 11.8 Å². The molecule has 2 amide bonds. The Morgan fingerprint density at radius 2 is 1.14 bits per heavy atom. The van der Waals surface area contributed by atoms with Crippen LogP contribution in [0.1, 0.15) is 102 Å². The molecule has 166 valence electrons. The second-order valence-electron chi connectivity index (χ2n) is 12.1. The van der Waals surface area contributed by atoms with Crippen LogP contribution in [0.25, 0.3) is 0 Å². The van der Waals surface area contributed by atoms with Gasteiger partial charge in [-0.1, -0.05) is 95.9 Å². The first-order chi connectivity index (χ1) is 12.4. The molecule has 2 unspecified atom stereocenters. The third-order valence-corrected chi connectivity index (χ3v) is 6.33. The molecule has 0 bridgehead atoms. The second-order valence-corrected chi connectivity index (χ2v) is 12.1. The highest BCUT2D eigenvalue weighted by atomic mass is 16.2. The predicted octanol–water partition coefficient (Wildman–Crippen LogP) is 5.76. The van der Waals surface area contributed by atoms with E-state index in [4.69, 9.17) is 0 Å². The Balaban J connectivity index is 5.16. The molecule has 0 saturated carbocycles. The Morgan fingerprint density at radius 3 is 1.50 bits per heavy atom. The van der Waals surface area contributed by atoms with Gasteiger partial charge in [-0.2, -0.15) is 0 Å². The summed E-state index contributed by atoms with van der Waals surface area (Å²) in [5.41, 5.74) is -0.266. The molecule has 2 atom stereocenters. The van der Waals surface area contributed by atoms with Gasteiger partial charge in [0.15, 0.2) is 0 Å². The van der Waals surface area contributed by atoms with E-state index in [1.807, 2.05) is 0 Å². The molecule has 0 heterocycles. The summed E-state index contributed by atoms with van der Waals surface area (Å²) in [4.78, 5) is 25.9. The van der Waals surface area contributed by atoms with E-state index in [2.05, 4.69) is 93.7 Å². The maximum absolute atomic E-state index is 13.0. The highest BCUT2D eigenvalue weighted by Gasteiger charge is 2.42. The highest BCUT2D eigenvalue weighted by molar-refractivity contribution is 5.82. The summed E-state index contributed by atoms with van der Waals surface area (Å²) in [6.45, 7) is 25.9. The lowest BCUT2D eigenvalue weighted by atomic mass is 9.64. The number of carbonyl (C=O) groups excluding carboxylic acids is 2. The average molecular weight is 397 g/mol. The minimum atomic E-state index is -0.146. The van der Waals surface area contributed by atoms with E-state index in [-0.39, 0.29) is 52.0 Å². The van der Waals surface area contributed by atoms with Gasteiger partial charge >= 0.3 is 0 Å². The van der Waals surface area contributed by atoms with E-state index in [0.29, 0.717) is 0 Å². The second kappa shape index (κ2) is 9.63. The molecular weight excluding hydrogens is 348 g/mol. The zero-order valence-electron chi connectivity index (χ0n) is 20.8. The Labute approximate surface area is 175 Å². The first kappa shape index (κ1) is 26.9. The van der Waals surface area contributed by atoms with Crippen LogP contribution in [0, 0.1) is 33.5 Å². The average Bonchev–Trinajstić information content (AvgIpc) is 2.49. The van der Waals surface area contributed by atoms with E-state index < -0.39 is 0 Å². The van der Waals surface area contributed by atoms with E-state index >= 15 is 0 Å². The summed E-state index contributed by atoms with van der Waals surface area (Å²) in [6, 6.07) is 0. The number of carbonyl (C=O) groups is 2. The molecule has 4 nitrogen and oxygen atoms in total. The summed E-state index contributed by atoms with van der Waals surface area (Å²) >= 11 is 0. The van der Waals surface area contributed by atoms with E-state index in [1.54, 1.807) is 0 Å². The Hall–Kier alpha value is -1.06. The SMILES string of the molecule is CCC(C)(C)C(CC(C)(C)C)C(=O)NCNC(=O)C(C(C)(C)C)C(C)(C)CC. The van der Waals surface area contributed by atoms with Gasteiger partial charge in [-0.15, -0.1) is 0 Å². The number of hydrogen-bond donors (Lipinski definition) is 2. The van der Waals surface area contributed by atoms with Crippen molar-refractivity contribution in [3.8, 4) is 0 Å². The van der Waals surface area contributed by atoms with Crippen molar-refractivity contribution in [1.29, 1.82) is 0 Å². The fraction of sp³-hybridized carbons (Fsp3) is 0.917. The standard InChI is InChI=1S/C24H48N2O2/c1-13-23(9,10)17(15-21(3,4)5)19(27)25-16-26-20(28)18(22(6,7)8)24(11,12)14-2/h17-18H,13-16H2,1-12H3,(H,25,27)(H,26,28). The molecule has 0 aromatic heterocycles. The van der Waals surface area contributed by atoms with Crippen molar-refractivity contribution in [3.63, 3.8) is 0 Å². The van der Waals surface area contributed by atoms with E-state index in [9.17, 15) is 9.59 Å². The van der Waals surface area contributed by atoms with E-state index in [1.165, 1.54) is 0 Å². The topological polar surface area (TPSA) is 58.2 Å². The van der Waals surface area contributed by atoms with Crippen LogP contribution >= 0.6 is 0 Å². The third-order valence-electron chi connectivity index (χ3n) is 6.33. The summed E-state index contributed by atoms with van der Waals surface area (Å²) in [7, 11) is 0. The van der Waals surface area contributed by atoms with Crippen molar-refractivity contribution >= 4 is 11.8 Å². The predicted molar refractivity (Wildman–Crippen MR) is 120 cm³/mol. The molecular formula is C24H48N2O2. The lowest BCUT2D eigenvalue weighted by Gasteiger charge is -2.41. The molecule has 0 aliphatic rings. The van der Waals surface area contributed by atoms with Crippen molar-refractivity contribution < 1.29 is 9.59 Å². The zero-order chi connectivity index (χ0) is 22.6. The summed E-state index contributed by atoms with van der Waals surface area (Å²) in [5.74, 6) is -0.162. The molecule has 0 spiro atoms. The fourth-order valence-electron chi connectivity index (χ4n) is 4.15. The van der Waals surface area contributed by atoms with Gasteiger partial charge in [-0.05, 0) is 28.1 Å². The van der Waals surface area contributed by atoms with Crippen LogP contribution in [-0.2, 0) is 9.59 Å². The van der Waals surface area contributed by atoms with Gasteiger partial charge in [0.25, 0.3) is 0 Å². The van der Waals surface area contributed by atoms with Crippen LogP contribution in [0.4, 0.5) is 0 Å². The maximum Gasteiger partial charge on any atom is 0.225 e. The van der Waals surface area contributed by atoms with Crippen LogP contribution in [0.2, 0.25) is 0 Å². The van der Waals surface area contributed by atoms with Gasteiger partial charge in [0, 0.05) is 11.8 Å². The zero-order valence-corrected chi connectivity index (χ0v) is 20.8. The molecule has 0 rings (SSSR count). The molecule has 0 aromatic rings. The lowest BCUT2D eigenvalue weighted by molar-refractivity contribution is -0.134. The number of hydrogen-bond acceptors (Lipinski definition) is 2. The maximum atomic E-state index is 13.0. The van der Waals surface area contributed by atoms with Crippen molar-refractivity contribution in [2.24, 2.45) is 33.5 Å². The molecule has 0 aliphatic carbocycles. The quantitative estimate of drug-likeness (QED) is 0.487. The van der Waals surface area contributed by atoms with Crippen molar-refractivity contribution in [2.45, 2.75) is 102 Å². The first-order valence-corrected chi connectivity index (χ1v) is 10.9. The Bertz CT molecular complexity index is 522. The largest absolute Gasteiger partial charge is 0.338 e. The van der Waals surface area contributed by atoms with Crippen molar-refractivity contribution in [1.82, 2.24) is 10.6 Å². The molecule has 0 fully saturated rings. The Kier molecular flexibility index (Phi) is 9.26. The van der Waals surface area contributed by atoms with Gasteiger partial charge in [0.05, 0.1) is 6.67 Å². The highest BCUT2D eigenvalue weighted by Crippen LogP contribution is 2.42. The molecule has 0 aromatic carbocycles. The normalized spacial score (nSPS) is 15.7. The molecule has 4 heteroatoms. The van der Waals surface area contributed by atoms with Gasteiger partial charge in [-0.25, -0.2) is 0 Å². The monoisotopic (exact) mass is 396 g/mol. The van der Waals surface area contributed by atoms with Gasteiger partial charge in [0.1, 0.15) is 0 Å². The molecule has 28 heavy (non-hydrogen) atoms. The first-order valence-electron chi connectivity index (χ1n) is 10.9. The summed E-state index contributed by atoms with van der Waals surface area (Å²) in [6.07, 6.45) is 2.68. The van der Waals surface area contributed by atoms with Crippen molar-refractivity contribution in [3.05, 3.63) is 0 Å². The molecule has 0 aliphatic heterocycles. The fourth-order valence-corrected chi connectivity index (χ4v) is 4.15. The third kappa shape index (κ3) is 8.13. The number of rotatable bonds is 9. The van der Waals surface area contributed by atoms with Crippen LogP contribution in [0.5, 0.6) is 0 Å². The summed E-state index contributed by atoms with van der Waals surface area (Å²) < 4.78 is 0. The molecule has 0 saturated heterocycles. The number of nitrogens with one attached hydrogen (secondary N) is 2. The number of amides is 2. The minimum Gasteiger partial charge on any atom is -0.338 e. The minimum absolute atomic E-state index is 0.0155. The van der Waals surface area contributed by atoms with Crippen LogP contribution in [0.15, 0.2) is 0 Å². The van der Waals surface area contributed by atoms with E-state index in [0.717, 1.165) is 19.3 Å². The summed E-state index contributed by atoms with van der Waals surface area (Å²) in [5, 5.41) is 5.96. The van der Waals surface area contributed by atoms with Crippen LogP contribution in [0.3, 0.4) is 0 Å². The van der Waals surface area contributed by atoms with Crippen LogP contribution in [-0.4, -0.2) is 18.5 Å². The van der Waals surface area contributed by atoms with Gasteiger partial charge < -0.3 is 10.6 Å². The van der Waals surface area contributed by atoms with Crippen LogP contribution < -0.4 is 10.6 Å². The Morgan fingerprint density at radius 1 is 0.714 bits per heavy atom. The lowest BCUT2D eigenvalue weighted by Crippen LogP contribution is -2.50. The smallest absolute Gasteiger partial charge is 0.225 e. The van der Waals surface area contributed by atoms with Gasteiger partial charge in [-0.3, -0.25) is 9.59 Å².